The number of aliphatic hydroxyl groups is 1. The van der Waals surface area contributed by atoms with Gasteiger partial charge in [-0.2, -0.15) is 5.10 Å². The summed E-state index contributed by atoms with van der Waals surface area (Å²) in [6, 6.07) is 0. The second-order valence-electron chi connectivity index (χ2n) is 4.36. The Morgan fingerprint density at radius 1 is 1.35 bits per heavy atom. The van der Waals surface area contributed by atoms with Gasteiger partial charge in [0.1, 0.15) is 5.69 Å². The lowest BCUT2D eigenvalue weighted by molar-refractivity contribution is 0.298. The van der Waals surface area contributed by atoms with E-state index in [1.54, 1.807) is 9.36 Å². The Labute approximate surface area is 99.9 Å². The quantitative estimate of drug-likeness (QED) is 0.845. The van der Waals surface area contributed by atoms with Gasteiger partial charge < -0.3 is 5.11 Å². The van der Waals surface area contributed by atoms with Gasteiger partial charge in [0.2, 0.25) is 0 Å². The Morgan fingerprint density at radius 3 is 2.76 bits per heavy atom. The zero-order valence-corrected chi connectivity index (χ0v) is 10.3. The highest BCUT2D eigenvalue weighted by Gasteiger charge is 2.14. The molecule has 0 amide bonds. The smallest absolute Gasteiger partial charge is 0.108 e. The Bertz CT molecular complexity index is 500. The van der Waals surface area contributed by atoms with Gasteiger partial charge in [-0.25, -0.2) is 4.68 Å². The van der Waals surface area contributed by atoms with Crippen LogP contribution in [0.1, 0.15) is 31.2 Å². The van der Waals surface area contributed by atoms with E-state index in [1.807, 2.05) is 19.4 Å². The third kappa shape index (κ3) is 2.36. The van der Waals surface area contributed by atoms with Crippen molar-refractivity contribution in [3.05, 3.63) is 23.8 Å². The Kier molecular flexibility index (Phi) is 3.23. The van der Waals surface area contributed by atoms with E-state index >= 15 is 0 Å². The van der Waals surface area contributed by atoms with E-state index in [0.29, 0.717) is 12.3 Å². The summed E-state index contributed by atoms with van der Waals surface area (Å²) in [5.41, 5.74) is 2.72. The van der Waals surface area contributed by atoms with Crippen molar-refractivity contribution < 1.29 is 5.11 Å². The third-order valence-electron chi connectivity index (χ3n) is 2.54. The van der Waals surface area contributed by atoms with Gasteiger partial charge in [-0.1, -0.05) is 19.1 Å². The molecule has 6 nitrogen and oxygen atoms in total. The molecule has 0 aromatic carbocycles. The Hall–Kier alpha value is -1.69. The second-order valence-corrected chi connectivity index (χ2v) is 4.36. The lowest BCUT2D eigenvalue weighted by Gasteiger charge is -2.03. The van der Waals surface area contributed by atoms with Crippen molar-refractivity contribution in [1.29, 1.82) is 0 Å². The van der Waals surface area contributed by atoms with Crippen LogP contribution in [0.25, 0.3) is 5.69 Å². The first-order valence-electron chi connectivity index (χ1n) is 5.67. The van der Waals surface area contributed by atoms with Crippen LogP contribution < -0.4 is 0 Å². The highest BCUT2D eigenvalue weighted by atomic mass is 16.3. The summed E-state index contributed by atoms with van der Waals surface area (Å²) < 4.78 is 3.49. The van der Waals surface area contributed by atoms with Crippen LogP contribution in [-0.2, 0) is 13.5 Å². The molecule has 0 saturated heterocycles. The van der Waals surface area contributed by atoms with Gasteiger partial charge in [0, 0.05) is 20.1 Å². The number of aliphatic hydroxyl groups excluding tert-OH is 1. The van der Waals surface area contributed by atoms with E-state index in [4.69, 9.17) is 5.11 Å². The highest BCUT2D eigenvalue weighted by Crippen LogP contribution is 2.20. The molecule has 2 rings (SSSR count). The molecule has 17 heavy (non-hydrogen) atoms. The van der Waals surface area contributed by atoms with Gasteiger partial charge in [0.05, 0.1) is 23.8 Å². The van der Waals surface area contributed by atoms with Crippen LogP contribution in [0.5, 0.6) is 0 Å². The summed E-state index contributed by atoms with van der Waals surface area (Å²) in [6.07, 6.45) is 4.28. The first-order valence-corrected chi connectivity index (χ1v) is 5.67. The molecule has 2 aromatic heterocycles. The number of aryl methyl sites for hydroxylation is 1. The van der Waals surface area contributed by atoms with Crippen molar-refractivity contribution in [2.24, 2.45) is 7.05 Å². The van der Waals surface area contributed by atoms with E-state index in [-0.39, 0.29) is 6.61 Å². The van der Waals surface area contributed by atoms with Crippen LogP contribution in [0.3, 0.4) is 0 Å². The molecule has 0 unspecified atom stereocenters. The average Bonchev–Trinajstić information content (AvgIpc) is 2.85. The largest absolute Gasteiger partial charge is 0.396 e. The van der Waals surface area contributed by atoms with Crippen molar-refractivity contribution >= 4 is 0 Å². The molecule has 6 heteroatoms. The van der Waals surface area contributed by atoms with Crippen LogP contribution in [0, 0.1) is 0 Å². The SMILES string of the molecule is CC(C)c1nn(C)cc1-n1cc(CCO)nn1. The molecule has 0 aliphatic rings. The molecule has 0 bridgehead atoms. The monoisotopic (exact) mass is 235 g/mol. The van der Waals surface area contributed by atoms with Crippen molar-refractivity contribution in [3.8, 4) is 5.69 Å². The van der Waals surface area contributed by atoms with Gasteiger partial charge in [-0.15, -0.1) is 5.10 Å². The maximum atomic E-state index is 8.85. The van der Waals surface area contributed by atoms with Crippen LogP contribution in [0.4, 0.5) is 0 Å². The van der Waals surface area contributed by atoms with Crippen LogP contribution in [-0.4, -0.2) is 36.5 Å². The Morgan fingerprint density at radius 2 is 2.12 bits per heavy atom. The predicted molar refractivity (Wildman–Crippen MR) is 63.0 cm³/mol. The second kappa shape index (κ2) is 4.67. The lowest BCUT2D eigenvalue weighted by Crippen LogP contribution is -2.00. The summed E-state index contributed by atoms with van der Waals surface area (Å²) in [4.78, 5) is 0. The molecule has 0 atom stereocenters. The van der Waals surface area contributed by atoms with Crippen molar-refractivity contribution in [2.45, 2.75) is 26.2 Å². The van der Waals surface area contributed by atoms with E-state index in [0.717, 1.165) is 17.1 Å². The zero-order chi connectivity index (χ0) is 12.4. The molecule has 2 aromatic rings. The molecule has 0 saturated carbocycles. The van der Waals surface area contributed by atoms with Gasteiger partial charge in [-0.3, -0.25) is 4.68 Å². The highest BCUT2D eigenvalue weighted by molar-refractivity contribution is 5.35. The molecule has 0 radical (unpaired) electrons. The summed E-state index contributed by atoms with van der Waals surface area (Å²) >= 11 is 0. The number of nitrogens with zero attached hydrogens (tertiary/aromatic N) is 5. The topological polar surface area (TPSA) is 68.8 Å². The fraction of sp³-hybridized carbons (Fsp3) is 0.545. The Balaban J connectivity index is 2.37. The normalized spacial score (nSPS) is 11.4. The molecule has 0 aliphatic heterocycles. The predicted octanol–water partition coefficient (Wildman–Crippen LogP) is 0.659. The van der Waals surface area contributed by atoms with E-state index in [9.17, 15) is 0 Å². The zero-order valence-electron chi connectivity index (χ0n) is 10.3. The summed E-state index contributed by atoms with van der Waals surface area (Å²) in [5, 5.41) is 21.3. The van der Waals surface area contributed by atoms with Gasteiger partial charge in [0.25, 0.3) is 0 Å². The maximum Gasteiger partial charge on any atom is 0.108 e. The molecule has 0 aliphatic carbocycles. The fourth-order valence-electron chi connectivity index (χ4n) is 1.73. The van der Waals surface area contributed by atoms with Crippen molar-refractivity contribution in [2.75, 3.05) is 6.61 Å². The van der Waals surface area contributed by atoms with Gasteiger partial charge in [-0.05, 0) is 5.92 Å². The van der Waals surface area contributed by atoms with Crippen LogP contribution in [0.2, 0.25) is 0 Å². The average molecular weight is 235 g/mol. The first kappa shape index (κ1) is 11.8. The number of rotatable bonds is 4. The minimum Gasteiger partial charge on any atom is -0.396 e. The van der Waals surface area contributed by atoms with E-state index < -0.39 is 0 Å². The molecule has 2 heterocycles. The molecule has 92 valence electrons. The van der Waals surface area contributed by atoms with Crippen molar-refractivity contribution in [1.82, 2.24) is 24.8 Å². The molecular formula is C11H17N5O. The van der Waals surface area contributed by atoms with Gasteiger partial charge >= 0.3 is 0 Å². The standard InChI is InChI=1S/C11H17N5O/c1-8(2)11-10(7-15(3)13-11)16-6-9(4-5-17)12-14-16/h6-8,17H,4-5H2,1-3H3. The van der Waals surface area contributed by atoms with E-state index in [1.165, 1.54) is 0 Å². The molecule has 0 spiro atoms. The number of hydrogen-bond donors (Lipinski definition) is 1. The molecule has 1 N–H and O–H groups in total. The maximum absolute atomic E-state index is 8.85. The summed E-state index contributed by atoms with van der Waals surface area (Å²) in [7, 11) is 1.89. The minimum absolute atomic E-state index is 0.0861. The summed E-state index contributed by atoms with van der Waals surface area (Å²) in [5.74, 6) is 0.330. The van der Waals surface area contributed by atoms with Gasteiger partial charge in [0.15, 0.2) is 0 Å². The third-order valence-corrected chi connectivity index (χ3v) is 2.54. The lowest BCUT2D eigenvalue weighted by atomic mass is 10.1. The van der Waals surface area contributed by atoms with Crippen LogP contribution in [0.15, 0.2) is 12.4 Å². The summed E-state index contributed by atoms with van der Waals surface area (Å²) in [6.45, 7) is 4.28. The fourth-order valence-corrected chi connectivity index (χ4v) is 1.73. The van der Waals surface area contributed by atoms with E-state index in [2.05, 4.69) is 29.3 Å². The van der Waals surface area contributed by atoms with Crippen molar-refractivity contribution in [3.63, 3.8) is 0 Å². The molecular weight excluding hydrogens is 218 g/mol. The molecule has 0 fully saturated rings. The number of aromatic nitrogens is 5. The minimum atomic E-state index is 0.0861. The first-order chi connectivity index (χ1) is 8.11. The van der Waals surface area contributed by atoms with Crippen LogP contribution >= 0.6 is 0 Å². The number of hydrogen-bond acceptors (Lipinski definition) is 4.